The highest BCUT2D eigenvalue weighted by molar-refractivity contribution is 9.10. The molecule has 136 valence electrons. The summed E-state index contributed by atoms with van der Waals surface area (Å²) in [4.78, 5) is 1.12. The van der Waals surface area contributed by atoms with Gasteiger partial charge in [0.2, 0.25) is 0 Å². The normalized spacial score (nSPS) is 11.4. The van der Waals surface area contributed by atoms with Gasteiger partial charge in [0, 0.05) is 15.1 Å². The second-order valence-corrected chi connectivity index (χ2v) is 7.43. The van der Waals surface area contributed by atoms with Crippen molar-refractivity contribution in [2.45, 2.75) is 37.1 Å². The highest BCUT2D eigenvalue weighted by Crippen LogP contribution is 2.20. The molecule has 25 heavy (non-hydrogen) atoms. The van der Waals surface area contributed by atoms with E-state index in [0.717, 1.165) is 33.3 Å². The van der Waals surface area contributed by atoms with Crippen molar-refractivity contribution in [1.82, 2.24) is 0 Å². The van der Waals surface area contributed by atoms with Crippen LogP contribution in [0.3, 0.4) is 0 Å². The van der Waals surface area contributed by atoms with Crippen LogP contribution in [0.15, 0.2) is 70.6 Å². The molecule has 0 saturated heterocycles. The van der Waals surface area contributed by atoms with Gasteiger partial charge in [-0.15, -0.1) is 18.3 Å². The summed E-state index contributed by atoms with van der Waals surface area (Å²) in [7, 11) is 0. The number of aliphatic hydroxyl groups excluding tert-OH is 3. The third-order valence-corrected chi connectivity index (χ3v) is 5.03. The number of hydrogen-bond acceptors (Lipinski definition) is 4. The number of allylic oxidation sites excluding steroid dienone is 1. The topological polar surface area (TPSA) is 60.7 Å². The second-order valence-electron chi connectivity index (χ2n) is 5.42. The van der Waals surface area contributed by atoms with Gasteiger partial charge in [-0.05, 0) is 48.2 Å². The van der Waals surface area contributed by atoms with Crippen LogP contribution in [0, 0.1) is 0 Å². The van der Waals surface area contributed by atoms with Gasteiger partial charge in [-0.25, -0.2) is 0 Å². The minimum Gasteiger partial charge on any atom is -0.392 e. The third kappa shape index (κ3) is 9.82. The Morgan fingerprint density at radius 3 is 1.96 bits per heavy atom. The third-order valence-electron chi connectivity index (χ3n) is 3.35. The summed E-state index contributed by atoms with van der Waals surface area (Å²) in [5.41, 5.74) is 1.86. The van der Waals surface area contributed by atoms with E-state index in [1.807, 2.05) is 54.6 Å². The molecule has 0 aliphatic rings. The van der Waals surface area contributed by atoms with E-state index in [1.165, 1.54) is 0 Å². The molecule has 0 aliphatic heterocycles. The minimum absolute atomic E-state index is 0.0763. The van der Waals surface area contributed by atoms with E-state index in [2.05, 4.69) is 22.5 Å². The van der Waals surface area contributed by atoms with Gasteiger partial charge in [0.15, 0.2) is 0 Å². The van der Waals surface area contributed by atoms with E-state index < -0.39 is 0 Å². The van der Waals surface area contributed by atoms with E-state index in [-0.39, 0.29) is 19.3 Å². The number of benzene rings is 2. The summed E-state index contributed by atoms with van der Waals surface area (Å²) in [5.74, 6) is 0.701. The predicted molar refractivity (Wildman–Crippen MR) is 109 cm³/mol. The molecule has 2 aromatic rings. The van der Waals surface area contributed by atoms with Crippen LogP contribution >= 0.6 is 27.7 Å². The number of hydrogen-bond donors (Lipinski definition) is 3. The Hall–Kier alpha value is -1.11. The monoisotopic (exact) mass is 424 g/mol. The fourth-order valence-corrected chi connectivity index (χ4v) is 3.01. The highest BCUT2D eigenvalue weighted by Gasteiger charge is 2.03. The average Bonchev–Trinajstić information content (AvgIpc) is 2.66. The molecule has 0 heterocycles. The van der Waals surface area contributed by atoms with E-state index in [4.69, 9.17) is 10.2 Å². The Balaban J connectivity index is 0.000000293. The van der Waals surface area contributed by atoms with Crippen LogP contribution in [0.25, 0.3) is 0 Å². The molecular weight excluding hydrogens is 400 g/mol. The molecule has 0 aromatic heterocycles. The molecule has 0 bridgehead atoms. The van der Waals surface area contributed by atoms with Crippen molar-refractivity contribution in [3.63, 3.8) is 0 Å². The van der Waals surface area contributed by atoms with Crippen LogP contribution < -0.4 is 0 Å². The van der Waals surface area contributed by atoms with Gasteiger partial charge in [-0.1, -0.05) is 46.3 Å². The summed E-state index contributed by atoms with van der Waals surface area (Å²) in [6.45, 7) is 3.82. The number of thioether (sulfide) groups is 1. The number of halogens is 1. The first kappa shape index (κ1) is 21.9. The van der Waals surface area contributed by atoms with Crippen molar-refractivity contribution in [3.8, 4) is 0 Å². The minimum atomic E-state index is -0.277. The van der Waals surface area contributed by atoms with Gasteiger partial charge >= 0.3 is 0 Å². The molecule has 3 nitrogen and oxygen atoms in total. The molecule has 3 N–H and O–H groups in total. The van der Waals surface area contributed by atoms with Crippen molar-refractivity contribution >= 4 is 27.7 Å². The van der Waals surface area contributed by atoms with Crippen LogP contribution in [0.5, 0.6) is 0 Å². The van der Waals surface area contributed by atoms with Crippen molar-refractivity contribution < 1.29 is 15.3 Å². The Bertz CT molecular complexity index is 599. The second kappa shape index (κ2) is 13.1. The molecule has 1 atom stereocenters. The lowest BCUT2D eigenvalue weighted by atomic mass is 10.2. The zero-order valence-corrected chi connectivity index (χ0v) is 16.5. The number of rotatable bonds is 8. The van der Waals surface area contributed by atoms with Gasteiger partial charge in [-0.3, -0.25) is 0 Å². The molecule has 0 amide bonds. The van der Waals surface area contributed by atoms with Crippen LogP contribution in [0.2, 0.25) is 0 Å². The molecule has 0 fully saturated rings. The fourth-order valence-electron chi connectivity index (χ4n) is 1.87. The predicted octanol–water partition coefficient (Wildman–Crippen LogP) is 4.54. The first-order chi connectivity index (χ1) is 12.1. The zero-order valence-electron chi connectivity index (χ0n) is 14.1. The van der Waals surface area contributed by atoms with Crippen LogP contribution in [-0.4, -0.2) is 27.2 Å². The van der Waals surface area contributed by atoms with Crippen molar-refractivity contribution in [2.24, 2.45) is 0 Å². The maximum absolute atomic E-state index is 9.63. The quantitative estimate of drug-likeness (QED) is 0.429. The maximum Gasteiger partial charge on any atom is 0.0681 e. The van der Waals surface area contributed by atoms with Gasteiger partial charge in [0.25, 0.3) is 0 Å². The molecule has 5 heteroatoms. The molecule has 1 unspecified atom stereocenters. The van der Waals surface area contributed by atoms with Gasteiger partial charge in [0.05, 0.1) is 19.3 Å². The molecule has 0 saturated carbocycles. The van der Waals surface area contributed by atoms with Crippen LogP contribution in [0.4, 0.5) is 0 Å². The van der Waals surface area contributed by atoms with Crippen molar-refractivity contribution in [3.05, 3.63) is 76.8 Å². The lowest BCUT2D eigenvalue weighted by molar-refractivity contribution is 0.190. The van der Waals surface area contributed by atoms with Crippen molar-refractivity contribution in [2.75, 3.05) is 5.75 Å². The zero-order chi connectivity index (χ0) is 18.5. The first-order valence-electron chi connectivity index (χ1n) is 8.06. The van der Waals surface area contributed by atoms with Crippen LogP contribution in [0.1, 0.15) is 24.0 Å². The Morgan fingerprint density at radius 1 is 0.960 bits per heavy atom. The largest absolute Gasteiger partial charge is 0.392 e. The summed E-state index contributed by atoms with van der Waals surface area (Å²) < 4.78 is 1.04. The molecule has 0 aliphatic carbocycles. The van der Waals surface area contributed by atoms with Crippen LogP contribution in [-0.2, 0) is 13.2 Å². The Morgan fingerprint density at radius 2 is 1.48 bits per heavy atom. The van der Waals surface area contributed by atoms with Gasteiger partial charge < -0.3 is 15.3 Å². The van der Waals surface area contributed by atoms with E-state index >= 15 is 0 Å². The number of aliphatic hydroxyl groups is 3. The smallest absolute Gasteiger partial charge is 0.0681 e. The maximum atomic E-state index is 9.63. The lowest BCUT2D eigenvalue weighted by Crippen LogP contribution is -2.08. The average molecular weight is 425 g/mol. The van der Waals surface area contributed by atoms with Gasteiger partial charge in [0.1, 0.15) is 0 Å². The molecule has 2 rings (SSSR count). The summed E-state index contributed by atoms with van der Waals surface area (Å²) in [6, 6.07) is 15.3. The standard InChI is InChI=1S/C13H18O2S.C7H7BrO/c1-2-3-4-12(15)10-16-13-7-5-11(9-14)6-8-13;8-7-3-1-6(5-9)2-4-7/h2,5-8,12,14-15H,1,3-4,9-10H2;1-4,9H,5H2. The van der Waals surface area contributed by atoms with E-state index in [0.29, 0.717) is 5.75 Å². The Labute approximate surface area is 162 Å². The van der Waals surface area contributed by atoms with E-state index in [9.17, 15) is 5.11 Å². The van der Waals surface area contributed by atoms with Gasteiger partial charge in [-0.2, -0.15) is 0 Å². The Kier molecular flexibility index (Phi) is 11.5. The summed E-state index contributed by atoms with van der Waals surface area (Å²) >= 11 is 4.93. The summed E-state index contributed by atoms with van der Waals surface area (Å²) in [5, 5.41) is 27.1. The van der Waals surface area contributed by atoms with Crippen molar-refractivity contribution in [1.29, 1.82) is 0 Å². The lowest BCUT2D eigenvalue weighted by Gasteiger charge is -2.08. The molecule has 0 radical (unpaired) electrons. The summed E-state index contributed by atoms with van der Waals surface area (Å²) in [6.07, 6.45) is 3.17. The first-order valence-corrected chi connectivity index (χ1v) is 9.83. The fraction of sp³-hybridized carbons (Fsp3) is 0.300. The van der Waals surface area contributed by atoms with E-state index in [1.54, 1.807) is 11.8 Å². The SMILES string of the molecule is C=CCCC(O)CSc1ccc(CO)cc1.OCc1ccc(Br)cc1. The molecular formula is C20H25BrO3S. The molecule has 0 spiro atoms. The highest BCUT2D eigenvalue weighted by atomic mass is 79.9. The molecule has 2 aromatic carbocycles.